The van der Waals surface area contributed by atoms with E-state index in [4.69, 9.17) is 0 Å². The minimum absolute atomic E-state index is 0.688. The molecule has 0 aliphatic heterocycles. The highest BCUT2D eigenvalue weighted by Crippen LogP contribution is 2.26. The van der Waals surface area contributed by atoms with Crippen LogP contribution in [0.1, 0.15) is 17.1 Å². The highest BCUT2D eigenvalue weighted by atomic mass is 15.3. The lowest BCUT2D eigenvalue weighted by Crippen LogP contribution is -1.98. The van der Waals surface area contributed by atoms with Gasteiger partial charge in [0.1, 0.15) is 11.8 Å². The van der Waals surface area contributed by atoms with Crippen molar-refractivity contribution < 1.29 is 0 Å². The van der Waals surface area contributed by atoms with E-state index in [1.54, 1.807) is 0 Å². The molecule has 3 aromatic heterocycles. The average Bonchev–Trinajstić information content (AvgIpc) is 2.87. The van der Waals surface area contributed by atoms with E-state index in [9.17, 15) is 0 Å². The monoisotopic (exact) mass is 257 g/mol. The maximum atomic E-state index is 4.37. The number of rotatable bonds is 2. The highest BCUT2D eigenvalue weighted by Gasteiger charge is 2.14. The van der Waals surface area contributed by atoms with E-state index in [1.807, 2.05) is 32.5 Å². The van der Waals surface area contributed by atoms with Crippen LogP contribution >= 0.6 is 0 Å². The highest BCUT2D eigenvalue weighted by molar-refractivity contribution is 5.88. The average molecular weight is 257 g/mol. The maximum absolute atomic E-state index is 4.37. The predicted octanol–water partition coefficient (Wildman–Crippen LogP) is 1.76. The lowest BCUT2D eigenvalue weighted by molar-refractivity contribution is 0.731. The smallest absolute Gasteiger partial charge is 0.162 e. The molecule has 0 spiro atoms. The van der Waals surface area contributed by atoms with Crippen molar-refractivity contribution in [3.8, 4) is 0 Å². The summed E-state index contributed by atoms with van der Waals surface area (Å²) in [5.74, 6) is 0.688. The van der Waals surface area contributed by atoms with Crippen molar-refractivity contribution in [3.05, 3.63) is 23.4 Å². The molecule has 3 aromatic rings. The topological polar surface area (TPSA) is 84.3 Å². The van der Waals surface area contributed by atoms with Crippen LogP contribution in [0, 0.1) is 20.8 Å². The number of hydrogen-bond donors (Lipinski definition) is 2. The van der Waals surface area contributed by atoms with E-state index in [1.165, 1.54) is 6.33 Å². The third kappa shape index (κ3) is 1.74. The summed E-state index contributed by atoms with van der Waals surface area (Å²) < 4.78 is 1.84. The van der Waals surface area contributed by atoms with Gasteiger partial charge in [0.25, 0.3) is 0 Å². The second kappa shape index (κ2) is 4.04. The quantitative estimate of drug-likeness (QED) is 0.730. The van der Waals surface area contributed by atoms with Crippen LogP contribution in [0.3, 0.4) is 0 Å². The Bertz CT molecular complexity index is 753. The molecule has 19 heavy (non-hydrogen) atoms. The van der Waals surface area contributed by atoms with Gasteiger partial charge in [0.05, 0.1) is 22.8 Å². The fourth-order valence-electron chi connectivity index (χ4n) is 2.12. The molecule has 7 nitrogen and oxygen atoms in total. The second-order valence-corrected chi connectivity index (χ2v) is 4.56. The molecule has 0 bridgehead atoms. The number of fused-ring (bicyclic) bond motifs is 1. The van der Waals surface area contributed by atoms with E-state index in [0.717, 1.165) is 33.8 Å². The molecule has 0 aliphatic carbocycles. The van der Waals surface area contributed by atoms with Crippen molar-refractivity contribution in [1.29, 1.82) is 0 Å². The van der Waals surface area contributed by atoms with Gasteiger partial charge in [0.2, 0.25) is 0 Å². The maximum Gasteiger partial charge on any atom is 0.162 e. The Labute approximate surface area is 110 Å². The van der Waals surface area contributed by atoms with Crippen LogP contribution in [0.4, 0.5) is 11.5 Å². The van der Waals surface area contributed by atoms with Crippen LogP contribution in [-0.4, -0.2) is 29.9 Å². The molecule has 0 aliphatic rings. The lowest BCUT2D eigenvalue weighted by atomic mass is 10.3. The van der Waals surface area contributed by atoms with Crippen molar-refractivity contribution in [1.82, 2.24) is 29.9 Å². The van der Waals surface area contributed by atoms with Gasteiger partial charge < -0.3 is 5.32 Å². The molecule has 0 amide bonds. The largest absolute Gasteiger partial charge is 0.335 e. The molecule has 0 saturated carbocycles. The van der Waals surface area contributed by atoms with Crippen molar-refractivity contribution in [2.75, 3.05) is 5.32 Å². The van der Waals surface area contributed by atoms with Gasteiger partial charge in [0.15, 0.2) is 11.3 Å². The van der Waals surface area contributed by atoms with E-state index >= 15 is 0 Å². The molecular weight excluding hydrogens is 242 g/mol. The van der Waals surface area contributed by atoms with Crippen LogP contribution in [0.5, 0.6) is 0 Å². The number of nitrogens with one attached hydrogen (secondary N) is 2. The summed E-state index contributed by atoms with van der Waals surface area (Å²) in [5, 5.41) is 14.8. The Hall–Kier alpha value is -2.44. The lowest BCUT2D eigenvalue weighted by Gasteiger charge is -2.05. The molecule has 0 atom stereocenters. The Balaban J connectivity index is 2.11. The van der Waals surface area contributed by atoms with E-state index in [0.29, 0.717) is 5.82 Å². The minimum atomic E-state index is 0.688. The number of aromatic nitrogens is 6. The van der Waals surface area contributed by atoms with Crippen LogP contribution < -0.4 is 5.32 Å². The zero-order valence-corrected chi connectivity index (χ0v) is 11.3. The number of hydrogen-bond acceptors (Lipinski definition) is 5. The fourth-order valence-corrected chi connectivity index (χ4v) is 2.12. The second-order valence-electron chi connectivity index (χ2n) is 4.56. The predicted molar refractivity (Wildman–Crippen MR) is 72.4 cm³/mol. The van der Waals surface area contributed by atoms with E-state index in [-0.39, 0.29) is 0 Å². The van der Waals surface area contributed by atoms with Crippen molar-refractivity contribution in [2.24, 2.45) is 7.05 Å². The first-order chi connectivity index (χ1) is 9.08. The Kier molecular flexibility index (Phi) is 2.48. The normalized spacial score (nSPS) is 11.2. The summed E-state index contributed by atoms with van der Waals surface area (Å²) >= 11 is 0. The zero-order valence-electron chi connectivity index (χ0n) is 11.3. The molecule has 7 heteroatoms. The number of anilines is 2. The summed E-state index contributed by atoms with van der Waals surface area (Å²) in [7, 11) is 1.92. The first-order valence-electron chi connectivity index (χ1n) is 6.01. The van der Waals surface area contributed by atoms with Crippen LogP contribution in [0.25, 0.3) is 11.0 Å². The van der Waals surface area contributed by atoms with Crippen molar-refractivity contribution >= 4 is 22.5 Å². The molecule has 0 unspecified atom stereocenters. The van der Waals surface area contributed by atoms with Crippen LogP contribution in [0.2, 0.25) is 0 Å². The SMILES string of the molecule is Cc1nn(C)c(C)c1Nc1ncnc2c(C)[nH]nc12. The standard InChI is InChI=1S/C12H15N7/c1-6-10-11(17-16-6)12(14-5-13-10)15-9-7(2)18-19(4)8(9)3/h5H,1-4H3,(H,16,17)(H,13,14,15). The Morgan fingerprint density at radius 1 is 1.16 bits per heavy atom. The number of H-pyrrole nitrogens is 1. The van der Waals surface area contributed by atoms with Gasteiger partial charge in [-0.2, -0.15) is 10.2 Å². The molecule has 3 heterocycles. The first-order valence-corrected chi connectivity index (χ1v) is 6.01. The minimum Gasteiger partial charge on any atom is -0.335 e. The van der Waals surface area contributed by atoms with Gasteiger partial charge in [-0.15, -0.1) is 0 Å². The van der Waals surface area contributed by atoms with Crippen molar-refractivity contribution in [3.63, 3.8) is 0 Å². The fraction of sp³-hybridized carbons (Fsp3) is 0.333. The molecule has 0 saturated heterocycles. The summed E-state index contributed by atoms with van der Waals surface area (Å²) in [5.41, 5.74) is 5.44. The summed E-state index contributed by atoms with van der Waals surface area (Å²) in [4.78, 5) is 8.49. The van der Waals surface area contributed by atoms with Gasteiger partial charge in [-0.05, 0) is 20.8 Å². The molecule has 98 valence electrons. The zero-order chi connectivity index (χ0) is 13.6. The number of nitrogens with zero attached hydrogens (tertiary/aromatic N) is 5. The number of aryl methyl sites for hydroxylation is 3. The number of aromatic amines is 1. The van der Waals surface area contributed by atoms with Gasteiger partial charge in [-0.1, -0.05) is 0 Å². The van der Waals surface area contributed by atoms with Crippen molar-refractivity contribution in [2.45, 2.75) is 20.8 Å². The van der Waals surface area contributed by atoms with Crippen LogP contribution in [-0.2, 0) is 7.05 Å². The third-order valence-corrected chi connectivity index (χ3v) is 3.27. The van der Waals surface area contributed by atoms with Gasteiger partial charge in [-0.3, -0.25) is 9.78 Å². The summed E-state index contributed by atoms with van der Waals surface area (Å²) in [6.45, 7) is 5.91. The molecule has 0 fully saturated rings. The Morgan fingerprint density at radius 3 is 2.63 bits per heavy atom. The summed E-state index contributed by atoms with van der Waals surface area (Å²) in [6.07, 6.45) is 1.54. The van der Waals surface area contributed by atoms with Crippen LogP contribution in [0.15, 0.2) is 6.33 Å². The molecule has 0 aromatic carbocycles. The van der Waals surface area contributed by atoms with E-state index < -0.39 is 0 Å². The molecular formula is C12H15N7. The molecule has 0 radical (unpaired) electrons. The molecule has 2 N–H and O–H groups in total. The van der Waals surface area contributed by atoms with Gasteiger partial charge in [0, 0.05) is 7.05 Å². The summed E-state index contributed by atoms with van der Waals surface area (Å²) in [6, 6.07) is 0. The molecule has 3 rings (SSSR count). The van der Waals surface area contributed by atoms with Gasteiger partial charge >= 0.3 is 0 Å². The van der Waals surface area contributed by atoms with E-state index in [2.05, 4.69) is 30.6 Å². The first kappa shape index (κ1) is 11.6. The Morgan fingerprint density at radius 2 is 1.95 bits per heavy atom. The third-order valence-electron chi connectivity index (χ3n) is 3.27. The van der Waals surface area contributed by atoms with Gasteiger partial charge in [-0.25, -0.2) is 9.97 Å².